The van der Waals surface area contributed by atoms with Gasteiger partial charge in [-0.2, -0.15) is 0 Å². The van der Waals surface area contributed by atoms with Gasteiger partial charge in [-0.3, -0.25) is 4.79 Å². The van der Waals surface area contributed by atoms with Crippen LogP contribution in [0.25, 0.3) is 0 Å². The van der Waals surface area contributed by atoms with Crippen LogP contribution in [0, 0.1) is 0 Å². The lowest BCUT2D eigenvalue weighted by molar-refractivity contribution is 0.0765. The Bertz CT molecular complexity index is 417. The van der Waals surface area contributed by atoms with E-state index in [-0.39, 0.29) is 12.5 Å². The van der Waals surface area contributed by atoms with Gasteiger partial charge in [-0.15, -0.1) is 0 Å². The number of benzene rings is 1. The van der Waals surface area contributed by atoms with Crippen LogP contribution in [0.3, 0.4) is 0 Å². The summed E-state index contributed by atoms with van der Waals surface area (Å²) in [6.07, 6.45) is 0.861. The number of carbonyl (C=O) groups is 1. The first-order valence-corrected chi connectivity index (χ1v) is 5.78. The maximum absolute atomic E-state index is 12.0. The van der Waals surface area contributed by atoms with Crippen LogP contribution in [-0.2, 0) is 17.8 Å². The Morgan fingerprint density at radius 1 is 1.47 bits per heavy atom. The molecular weight excluding hydrogens is 218 g/mol. The van der Waals surface area contributed by atoms with Gasteiger partial charge in [0.1, 0.15) is 0 Å². The molecule has 4 heteroatoms. The van der Waals surface area contributed by atoms with Crippen molar-refractivity contribution in [1.29, 1.82) is 0 Å². The summed E-state index contributed by atoms with van der Waals surface area (Å²) in [5.41, 5.74) is 3.04. The average molecular weight is 235 g/mol. The van der Waals surface area contributed by atoms with Crippen molar-refractivity contribution >= 4 is 5.91 Å². The van der Waals surface area contributed by atoms with Crippen LogP contribution in [0.1, 0.15) is 21.5 Å². The van der Waals surface area contributed by atoms with Gasteiger partial charge in [-0.25, -0.2) is 0 Å². The number of carbonyl (C=O) groups excluding carboxylic acids is 1. The van der Waals surface area contributed by atoms with E-state index in [9.17, 15) is 4.79 Å². The van der Waals surface area contributed by atoms with Crippen LogP contribution in [0.15, 0.2) is 18.2 Å². The second kappa shape index (κ2) is 5.29. The summed E-state index contributed by atoms with van der Waals surface area (Å²) in [7, 11) is 1.70. The number of fused-ring (bicyclic) bond motifs is 1. The Morgan fingerprint density at radius 3 is 3.06 bits per heavy atom. The van der Waals surface area contributed by atoms with Crippen molar-refractivity contribution in [3.8, 4) is 0 Å². The molecule has 1 heterocycles. The zero-order chi connectivity index (χ0) is 12.3. The molecule has 0 saturated carbocycles. The minimum Gasteiger partial charge on any atom is -0.395 e. The molecule has 1 aromatic rings. The first-order chi connectivity index (χ1) is 8.22. The second-order valence-electron chi connectivity index (χ2n) is 4.24. The lowest BCUT2D eigenvalue weighted by atomic mass is 10.00. The maximum atomic E-state index is 12.0. The molecule has 1 aromatic carbocycles. The molecule has 0 saturated heterocycles. The summed E-state index contributed by atoms with van der Waals surface area (Å²) in [4.78, 5) is 13.5. The molecule has 0 bridgehead atoms. The predicted octanol–water partition coefficient (Wildman–Crippen LogP) is 0.824. The highest BCUT2D eigenvalue weighted by Gasteiger charge is 2.15. The van der Waals surface area contributed by atoms with Gasteiger partial charge in [0.05, 0.1) is 19.8 Å². The number of rotatable bonds is 3. The maximum Gasteiger partial charge on any atom is 0.253 e. The normalized spacial score (nSPS) is 14.2. The zero-order valence-electron chi connectivity index (χ0n) is 9.98. The molecule has 1 aliphatic heterocycles. The summed E-state index contributed by atoms with van der Waals surface area (Å²) in [5.74, 6) is -0.0478. The fraction of sp³-hybridized carbons (Fsp3) is 0.462. The van der Waals surface area contributed by atoms with Crippen LogP contribution < -0.4 is 0 Å². The first kappa shape index (κ1) is 12.1. The van der Waals surface area contributed by atoms with E-state index >= 15 is 0 Å². The van der Waals surface area contributed by atoms with E-state index in [4.69, 9.17) is 9.84 Å². The third-order valence-electron chi connectivity index (χ3n) is 3.01. The molecule has 2 rings (SSSR count). The van der Waals surface area contributed by atoms with E-state index in [2.05, 4.69) is 0 Å². The largest absolute Gasteiger partial charge is 0.395 e. The van der Waals surface area contributed by atoms with Crippen LogP contribution in [0.5, 0.6) is 0 Å². The summed E-state index contributed by atoms with van der Waals surface area (Å²) in [6, 6.07) is 5.71. The van der Waals surface area contributed by atoms with E-state index in [1.54, 1.807) is 7.05 Å². The van der Waals surface area contributed by atoms with E-state index in [1.807, 2.05) is 18.2 Å². The molecule has 0 radical (unpaired) electrons. The molecule has 1 amide bonds. The van der Waals surface area contributed by atoms with Gasteiger partial charge < -0.3 is 14.7 Å². The summed E-state index contributed by atoms with van der Waals surface area (Å²) in [5, 5.41) is 8.81. The monoisotopic (exact) mass is 235 g/mol. The molecule has 0 aromatic heterocycles. The third kappa shape index (κ3) is 2.65. The zero-order valence-corrected chi connectivity index (χ0v) is 9.98. The molecule has 1 N–H and O–H groups in total. The number of likely N-dealkylation sites (N-methyl/N-ethyl adjacent to an activating group) is 1. The molecule has 17 heavy (non-hydrogen) atoms. The molecule has 0 fully saturated rings. The molecule has 0 aliphatic carbocycles. The fourth-order valence-electron chi connectivity index (χ4n) is 1.97. The van der Waals surface area contributed by atoms with Gasteiger partial charge in [0, 0.05) is 19.2 Å². The summed E-state index contributed by atoms with van der Waals surface area (Å²) < 4.78 is 5.35. The minimum absolute atomic E-state index is 0.0129. The van der Waals surface area contributed by atoms with E-state index < -0.39 is 0 Å². The van der Waals surface area contributed by atoms with E-state index in [0.717, 1.165) is 18.6 Å². The van der Waals surface area contributed by atoms with Gasteiger partial charge in [0.25, 0.3) is 5.91 Å². The molecule has 4 nitrogen and oxygen atoms in total. The Balaban J connectivity index is 2.19. The summed E-state index contributed by atoms with van der Waals surface area (Å²) >= 11 is 0. The first-order valence-electron chi connectivity index (χ1n) is 5.78. The number of hydrogen-bond donors (Lipinski definition) is 1. The Kier molecular flexibility index (Phi) is 3.76. The SMILES string of the molecule is CN(CCO)C(=O)c1ccc2c(c1)CCOC2. The Morgan fingerprint density at radius 2 is 2.29 bits per heavy atom. The van der Waals surface area contributed by atoms with Gasteiger partial charge in [-0.1, -0.05) is 6.07 Å². The molecule has 1 aliphatic rings. The number of amides is 1. The number of hydrogen-bond acceptors (Lipinski definition) is 3. The van der Waals surface area contributed by atoms with Crippen LogP contribution in [0.4, 0.5) is 0 Å². The number of ether oxygens (including phenoxy) is 1. The van der Waals surface area contributed by atoms with E-state index in [1.165, 1.54) is 10.5 Å². The highest BCUT2D eigenvalue weighted by molar-refractivity contribution is 5.94. The number of aliphatic hydroxyl groups excluding tert-OH is 1. The topological polar surface area (TPSA) is 49.8 Å². The minimum atomic E-state index is -0.0478. The average Bonchev–Trinajstić information content (AvgIpc) is 2.37. The van der Waals surface area contributed by atoms with Gasteiger partial charge in [0.15, 0.2) is 0 Å². The summed E-state index contributed by atoms with van der Waals surface area (Å²) in [6.45, 7) is 1.70. The van der Waals surface area contributed by atoms with Gasteiger partial charge >= 0.3 is 0 Å². The Hall–Kier alpha value is -1.39. The molecule has 92 valence electrons. The van der Waals surface area contributed by atoms with Crippen LogP contribution >= 0.6 is 0 Å². The fourth-order valence-corrected chi connectivity index (χ4v) is 1.97. The molecule has 0 spiro atoms. The standard InChI is InChI=1S/C13H17NO3/c1-14(5-6-15)13(16)11-2-3-12-9-17-7-4-10(12)8-11/h2-3,8,15H,4-7,9H2,1H3. The molecular formula is C13H17NO3. The van der Waals surface area contributed by atoms with Gasteiger partial charge in [0.2, 0.25) is 0 Å². The lowest BCUT2D eigenvalue weighted by Gasteiger charge is -2.19. The van der Waals surface area contributed by atoms with Crippen molar-refractivity contribution in [2.45, 2.75) is 13.0 Å². The van der Waals surface area contributed by atoms with Crippen molar-refractivity contribution in [2.24, 2.45) is 0 Å². The van der Waals surface area contributed by atoms with Crippen molar-refractivity contribution in [2.75, 3.05) is 26.8 Å². The van der Waals surface area contributed by atoms with Gasteiger partial charge in [-0.05, 0) is 29.7 Å². The van der Waals surface area contributed by atoms with Crippen molar-refractivity contribution in [3.63, 3.8) is 0 Å². The number of aliphatic hydroxyl groups is 1. The van der Waals surface area contributed by atoms with E-state index in [0.29, 0.717) is 18.7 Å². The highest BCUT2D eigenvalue weighted by Crippen LogP contribution is 2.19. The molecule has 0 unspecified atom stereocenters. The van der Waals surface area contributed by atoms with Crippen LogP contribution in [0.2, 0.25) is 0 Å². The van der Waals surface area contributed by atoms with Crippen molar-refractivity contribution in [3.05, 3.63) is 34.9 Å². The van der Waals surface area contributed by atoms with Crippen molar-refractivity contribution < 1.29 is 14.6 Å². The third-order valence-corrected chi connectivity index (χ3v) is 3.01. The smallest absolute Gasteiger partial charge is 0.253 e. The lowest BCUT2D eigenvalue weighted by Crippen LogP contribution is -2.29. The second-order valence-corrected chi connectivity index (χ2v) is 4.24. The Labute approximate surface area is 101 Å². The number of nitrogens with zero attached hydrogens (tertiary/aromatic N) is 1. The quantitative estimate of drug-likeness (QED) is 0.844. The molecule has 0 atom stereocenters. The highest BCUT2D eigenvalue weighted by atomic mass is 16.5. The van der Waals surface area contributed by atoms with Crippen molar-refractivity contribution in [1.82, 2.24) is 4.90 Å². The van der Waals surface area contributed by atoms with Crippen LogP contribution in [-0.4, -0.2) is 42.7 Å². The predicted molar refractivity (Wildman–Crippen MR) is 63.8 cm³/mol.